The molecule has 1 aliphatic carbocycles. The molecule has 3 atom stereocenters. The number of hydrogen-bond acceptors (Lipinski definition) is 5. The summed E-state index contributed by atoms with van der Waals surface area (Å²) in [5.41, 5.74) is -0.240. The molecular weight excluding hydrogens is 268 g/mol. The first-order valence-electron chi connectivity index (χ1n) is 6.46. The van der Waals surface area contributed by atoms with Gasteiger partial charge in [-0.05, 0) is 24.7 Å². The summed E-state index contributed by atoms with van der Waals surface area (Å²) in [6, 6.07) is 0.203. The number of anilines is 1. The van der Waals surface area contributed by atoms with Gasteiger partial charge in [0.1, 0.15) is 6.33 Å². The zero-order valence-corrected chi connectivity index (χ0v) is 11.7. The number of hydrogen-bond donors (Lipinski definition) is 1. The van der Waals surface area contributed by atoms with E-state index in [4.69, 9.17) is 11.6 Å². The Morgan fingerprint density at radius 1 is 1.53 bits per heavy atom. The molecule has 1 aromatic rings. The molecule has 104 valence electrons. The normalized spacial score (nSPS) is 26.4. The van der Waals surface area contributed by atoms with Gasteiger partial charge in [0.15, 0.2) is 0 Å². The van der Waals surface area contributed by atoms with E-state index in [2.05, 4.69) is 29.1 Å². The maximum absolute atomic E-state index is 11.0. The summed E-state index contributed by atoms with van der Waals surface area (Å²) >= 11 is 5.77. The molecule has 0 amide bonds. The van der Waals surface area contributed by atoms with E-state index >= 15 is 0 Å². The van der Waals surface area contributed by atoms with Gasteiger partial charge < -0.3 is 5.32 Å². The fourth-order valence-electron chi connectivity index (χ4n) is 2.83. The van der Waals surface area contributed by atoms with Crippen LogP contribution in [-0.4, -0.2) is 20.9 Å². The molecule has 2 rings (SSSR count). The minimum atomic E-state index is -0.540. The van der Waals surface area contributed by atoms with Crippen molar-refractivity contribution in [3.05, 3.63) is 21.6 Å². The average molecular weight is 285 g/mol. The SMILES string of the molecule is CCC1CCC(Nc2ncnc(Cl)c2[N+](=O)[O-])C1C. The third kappa shape index (κ3) is 2.78. The van der Waals surface area contributed by atoms with Gasteiger partial charge in [-0.15, -0.1) is 0 Å². The molecule has 1 fully saturated rings. The Bertz CT molecular complexity index is 483. The Labute approximate surface area is 116 Å². The Hall–Kier alpha value is -1.43. The highest BCUT2D eigenvalue weighted by Crippen LogP contribution is 2.37. The van der Waals surface area contributed by atoms with Gasteiger partial charge >= 0.3 is 5.69 Å². The second kappa shape index (κ2) is 5.69. The van der Waals surface area contributed by atoms with Crippen molar-refractivity contribution >= 4 is 23.1 Å². The number of halogens is 1. The third-order valence-corrected chi connectivity index (χ3v) is 4.31. The van der Waals surface area contributed by atoms with Gasteiger partial charge in [-0.25, -0.2) is 9.97 Å². The lowest BCUT2D eigenvalue weighted by atomic mass is 9.93. The van der Waals surface area contributed by atoms with Gasteiger partial charge in [0.05, 0.1) is 4.92 Å². The summed E-state index contributed by atoms with van der Waals surface area (Å²) < 4.78 is 0. The maximum Gasteiger partial charge on any atom is 0.348 e. The van der Waals surface area contributed by atoms with Crippen molar-refractivity contribution in [2.75, 3.05) is 5.32 Å². The monoisotopic (exact) mass is 284 g/mol. The average Bonchev–Trinajstić information content (AvgIpc) is 2.70. The fraction of sp³-hybridized carbons (Fsp3) is 0.667. The minimum Gasteiger partial charge on any atom is -0.361 e. The van der Waals surface area contributed by atoms with Crippen molar-refractivity contribution < 1.29 is 4.92 Å². The van der Waals surface area contributed by atoms with Crippen molar-refractivity contribution in [1.82, 2.24) is 9.97 Å². The van der Waals surface area contributed by atoms with Crippen LogP contribution in [0.25, 0.3) is 0 Å². The van der Waals surface area contributed by atoms with E-state index in [1.807, 2.05) is 0 Å². The molecule has 0 aromatic carbocycles. The molecule has 0 spiro atoms. The van der Waals surface area contributed by atoms with Crippen LogP contribution < -0.4 is 5.32 Å². The summed E-state index contributed by atoms with van der Waals surface area (Å²) in [5.74, 6) is 1.35. The number of nitrogens with one attached hydrogen (secondary N) is 1. The smallest absolute Gasteiger partial charge is 0.348 e. The minimum absolute atomic E-state index is 0.125. The molecule has 1 saturated carbocycles. The number of aromatic nitrogens is 2. The molecule has 0 bridgehead atoms. The van der Waals surface area contributed by atoms with Crippen LogP contribution in [0.4, 0.5) is 11.5 Å². The molecule has 0 radical (unpaired) electrons. The molecule has 1 aliphatic rings. The molecule has 0 aliphatic heterocycles. The summed E-state index contributed by atoms with van der Waals surface area (Å²) in [5, 5.41) is 14.1. The van der Waals surface area contributed by atoms with Crippen LogP contribution in [0.15, 0.2) is 6.33 Å². The number of nitrogens with zero attached hydrogens (tertiary/aromatic N) is 3. The first-order chi connectivity index (χ1) is 9.04. The van der Waals surface area contributed by atoms with Gasteiger partial charge in [0.2, 0.25) is 11.0 Å². The molecule has 1 N–H and O–H groups in total. The number of nitro groups is 1. The zero-order valence-electron chi connectivity index (χ0n) is 11.0. The standard InChI is InChI=1S/C12H17ClN4O2/c1-3-8-4-5-9(7(8)2)16-12-10(17(18)19)11(13)14-6-15-12/h6-9H,3-5H2,1-2H3,(H,14,15,16). The van der Waals surface area contributed by atoms with Crippen molar-refractivity contribution in [2.24, 2.45) is 11.8 Å². The lowest BCUT2D eigenvalue weighted by Gasteiger charge is -2.21. The quantitative estimate of drug-likeness (QED) is 0.521. The summed E-state index contributed by atoms with van der Waals surface area (Å²) in [4.78, 5) is 18.1. The van der Waals surface area contributed by atoms with E-state index in [0.717, 1.165) is 19.3 Å². The van der Waals surface area contributed by atoms with Crippen LogP contribution in [-0.2, 0) is 0 Å². The summed E-state index contributed by atoms with van der Waals surface area (Å²) in [7, 11) is 0. The molecule has 7 heteroatoms. The molecule has 6 nitrogen and oxygen atoms in total. The Morgan fingerprint density at radius 3 is 2.84 bits per heavy atom. The van der Waals surface area contributed by atoms with E-state index in [1.54, 1.807) is 0 Å². The van der Waals surface area contributed by atoms with Gasteiger partial charge in [-0.2, -0.15) is 0 Å². The lowest BCUT2D eigenvalue weighted by molar-refractivity contribution is -0.384. The van der Waals surface area contributed by atoms with Crippen molar-refractivity contribution in [3.8, 4) is 0 Å². The Morgan fingerprint density at radius 2 is 2.26 bits per heavy atom. The van der Waals surface area contributed by atoms with E-state index in [1.165, 1.54) is 6.33 Å². The van der Waals surface area contributed by atoms with Crippen molar-refractivity contribution in [1.29, 1.82) is 0 Å². The largest absolute Gasteiger partial charge is 0.361 e. The fourth-order valence-corrected chi connectivity index (χ4v) is 3.03. The van der Waals surface area contributed by atoms with Gasteiger partial charge in [0, 0.05) is 6.04 Å². The van der Waals surface area contributed by atoms with Gasteiger partial charge in [-0.1, -0.05) is 31.9 Å². The Balaban J connectivity index is 2.20. The summed E-state index contributed by atoms with van der Waals surface area (Å²) in [6.45, 7) is 4.35. The van der Waals surface area contributed by atoms with E-state index < -0.39 is 4.92 Å². The highest BCUT2D eigenvalue weighted by Gasteiger charge is 2.33. The molecule has 1 aromatic heterocycles. The van der Waals surface area contributed by atoms with Crippen molar-refractivity contribution in [3.63, 3.8) is 0 Å². The van der Waals surface area contributed by atoms with Gasteiger partial charge in [0.25, 0.3) is 0 Å². The van der Waals surface area contributed by atoms with Crippen LogP contribution in [0.2, 0.25) is 5.15 Å². The van der Waals surface area contributed by atoms with E-state index in [-0.39, 0.29) is 22.7 Å². The van der Waals surface area contributed by atoms with Crippen LogP contribution >= 0.6 is 11.6 Å². The topological polar surface area (TPSA) is 81.0 Å². The second-order valence-corrected chi connectivity index (χ2v) is 5.33. The van der Waals surface area contributed by atoms with Crippen LogP contribution in [0.1, 0.15) is 33.1 Å². The van der Waals surface area contributed by atoms with E-state index in [0.29, 0.717) is 11.8 Å². The first-order valence-corrected chi connectivity index (χ1v) is 6.83. The third-order valence-electron chi connectivity index (χ3n) is 4.03. The molecule has 3 unspecified atom stereocenters. The van der Waals surface area contributed by atoms with E-state index in [9.17, 15) is 10.1 Å². The highest BCUT2D eigenvalue weighted by atomic mass is 35.5. The first kappa shape index (κ1) is 14.0. The molecule has 0 saturated heterocycles. The molecular formula is C12H17ClN4O2. The van der Waals surface area contributed by atoms with Crippen molar-refractivity contribution in [2.45, 2.75) is 39.2 Å². The molecule has 1 heterocycles. The van der Waals surface area contributed by atoms with Crippen LogP contribution in [0, 0.1) is 22.0 Å². The van der Waals surface area contributed by atoms with Crippen LogP contribution in [0.5, 0.6) is 0 Å². The molecule has 19 heavy (non-hydrogen) atoms. The zero-order chi connectivity index (χ0) is 14.0. The van der Waals surface area contributed by atoms with Gasteiger partial charge in [-0.3, -0.25) is 10.1 Å². The predicted molar refractivity (Wildman–Crippen MR) is 73.3 cm³/mol. The highest BCUT2D eigenvalue weighted by molar-refractivity contribution is 6.31. The van der Waals surface area contributed by atoms with Crippen LogP contribution in [0.3, 0.4) is 0 Å². The maximum atomic E-state index is 11.0. The number of rotatable bonds is 4. The predicted octanol–water partition coefficient (Wildman–Crippen LogP) is 3.27. The lowest BCUT2D eigenvalue weighted by Crippen LogP contribution is -2.25. The Kier molecular flexibility index (Phi) is 4.19. The summed E-state index contributed by atoms with van der Waals surface area (Å²) in [6.07, 6.45) is 4.51. The second-order valence-electron chi connectivity index (χ2n) is 4.97.